The summed E-state index contributed by atoms with van der Waals surface area (Å²) >= 11 is 0. The molecule has 0 unspecified atom stereocenters. The Morgan fingerprint density at radius 3 is 2.70 bits per heavy atom. The molecular formula is C16H19N3O. The van der Waals surface area contributed by atoms with Crippen LogP contribution < -0.4 is 10.9 Å². The lowest BCUT2D eigenvalue weighted by molar-refractivity contribution is 0.557. The molecule has 3 rings (SSSR count). The minimum atomic E-state index is -0.305. The fourth-order valence-corrected chi connectivity index (χ4v) is 2.64. The maximum absolute atomic E-state index is 12.2. The number of hydrogen-bond donors (Lipinski definition) is 2. The molecular weight excluding hydrogens is 250 g/mol. The van der Waals surface area contributed by atoms with Crippen LogP contribution in [0, 0.1) is 0 Å². The summed E-state index contributed by atoms with van der Waals surface area (Å²) < 4.78 is 0. The van der Waals surface area contributed by atoms with Crippen LogP contribution in [-0.4, -0.2) is 16.5 Å². The number of fused-ring (bicyclic) bond motifs is 1. The first-order valence-electron chi connectivity index (χ1n) is 6.98. The number of nitrogens with one attached hydrogen (secondary N) is 2. The molecule has 0 fully saturated rings. The monoisotopic (exact) mass is 269 g/mol. The first kappa shape index (κ1) is 13.1. The van der Waals surface area contributed by atoms with Gasteiger partial charge in [0.1, 0.15) is 5.82 Å². The Bertz CT molecular complexity index is 674. The van der Waals surface area contributed by atoms with Crippen molar-refractivity contribution in [3.63, 3.8) is 0 Å². The third-order valence-electron chi connectivity index (χ3n) is 4.03. The van der Waals surface area contributed by atoms with Crippen LogP contribution >= 0.6 is 0 Å². The van der Waals surface area contributed by atoms with E-state index in [9.17, 15) is 4.79 Å². The SMILES string of the molecule is CC(C)(c1ccccc1)c1nc2c(c(=O)[nH]1)CNCC2. The Hall–Kier alpha value is -1.94. The average molecular weight is 269 g/mol. The molecule has 1 aromatic carbocycles. The van der Waals surface area contributed by atoms with Crippen LogP contribution in [-0.2, 0) is 18.4 Å². The van der Waals surface area contributed by atoms with Crippen LogP contribution in [0.4, 0.5) is 0 Å². The van der Waals surface area contributed by atoms with E-state index in [1.165, 1.54) is 0 Å². The number of aromatic amines is 1. The molecule has 1 aliphatic heterocycles. The number of H-pyrrole nitrogens is 1. The first-order chi connectivity index (χ1) is 9.59. The smallest absolute Gasteiger partial charge is 0.255 e. The van der Waals surface area contributed by atoms with Crippen molar-refractivity contribution in [3.8, 4) is 0 Å². The number of hydrogen-bond acceptors (Lipinski definition) is 3. The molecule has 2 N–H and O–H groups in total. The van der Waals surface area contributed by atoms with Gasteiger partial charge in [0.15, 0.2) is 0 Å². The van der Waals surface area contributed by atoms with E-state index >= 15 is 0 Å². The Balaban J connectivity index is 2.11. The van der Waals surface area contributed by atoms with Gasteiger partial charge in [-0.1, -0.05) is 30.3 Å². The van der Waals surface area contributed by atoms with E-state index in [-0.39, 0.29) is 11.0 Å². The molecule has 0 atom stereocenters. The highest BCUT2D eigenvalue weighted by atomic mass is 16.1. The Labute approximate surface area is 118 Å². The molecule has 1 aliphatic rings. The highest BCUT2D eigenvalue weighted by Gasteiger charge is 2.27. The van der Waals surface area contributed by atoms with Crippen LogP contribution in [0.2, 0.25) is 0 Å². The Kier molecular flexibility index (Phi) is 3.18. The molecule has 4 heteroatoms. The van der Waals surface area contributed by atoms with Gasteiger partial charge in [-0.2, -0.15) is 0 Å². The molecule has 0 aliphatic carbocycles. The van der Waals surface area contributed by atoms with E-state index < -0.39 is 0 Å². The molecule has 1 aromatic heterocycles. The lowest BCUT2D eigenvalue weighted by Crippen LogP contribution is -2.35. The van der Waals surface area contributed by atoms with Crippen LogP contribution in [0.3, 0.4) is 0 Å². The normalized spacial score (nSPS) is 14.9. The molecule has 2 aromatic rings. The van der Waals surface area contributed by atoms with Gasteiger partial charge in [0, 0.05) is 24.9 Å². The van der Waals surface area contributed by atoms with Crippen molar-refractivity contribution in [1.29, 1.82) is 0 Å². The fraction of sp³-hybridized carbons (Fsp3) is 0.375. The summed E-state index contributed by atoms with van der Waals surface area (Å²) in [7, 11) is 0. The van der Waals surface area contributed by atoms with Gasteiger partial charge in [0.05, 0.1) is 11.3 Å². The summed E-state index contributed by atoms with van der Waals surface area (Å²) in [5.41, 5.74) is 2.55. The van der Waals surface area contributed by atoms with Gasteiger partial charge in [-0.05, 0) is 19.4 Å². The van der Waals surface area contributed by atoms with Crippen molar-refractivity contribution < 1.29 is 0 Å². The molecule has 2 heterocycles. The lowest BCUT2D eigenvalue weighted by Gasteiger charge is -2.26. The van der Waals surface area contributed by atoms with E-state index in [0.717, 1.165) is 35.6 Å². The lowest BCUT2D eigenvalue weighted by atomic mass is 9.83. The minimum Gasteiger partial charge on any atom is -0.312 e. The standard InChI is InChI=1S/C16H19N3O/c1-16(2,11-6-4-3-5-7-11)15-18-13-8-9-17-10-12(13)14(20)19-15/h3-7,17H,8-10H2,1-2H3,(H,18,19,20). The summed E-state index contributed by atoms with van der Waals surface area (Å²) in [4.78, 5) is 19.9. The fourth-order valence-electron chi connectivity index (χ4n) is 2.64. The minimum absolute atomic E-state index is 0.0128. The van der Waals surface area contributed by atoms with Crippen molar-refractivity contribution in [1.82, 2.24) is 15.3 Å². The zero-order valence-corrected chi connectivity index (χ0v) is 11.9. The Morgan fingerprint density at radius 2 is 1.95 bits per heavy atom. The molecule has 20 heavy (non-hydrogen) atoms. The number of benzene rings is 1. The molecule has 0 saturated heterocycles. The molecule has 0 radical (unpaired) electrons. The Morgan fingerprint density at radius 1 is 1.20 bits per heavy atom. The maximum atomic E-state index is 12.2. The molecule has 0 spiro atoms. The van der Waals surface area contributed by atoms with Gasteiger partial charge in [-0.3, -0.25) is 4.79 Å². The van der Waals surface area contributed by atoms with Gasteiger partial charge in [-0.25, -0.2) is 4.98 Å². The second kappa shape index (κ2) is 4.87. The predicted molar refractivity (Wildman–Crippen MR) is 78.8 cm³/mol. The first-order valence-corrected chi connectivity index (χ1v) is 6.98. The van der Waals surface area contributed by atoms with Gasteiger partial charge < -0.3 is 10.3 Å². The van der Waals surface area contributed by atoms with Crippen molar-refractivity contribution in [2.24, 2.45) is 0 Å². The van der Waals surface area contributed by atoms with E-state index in [1.807, 2.05) is 18.2 Å². The van der Waals surface area contributed by atoms with Gasteiger partial charge in [0.2, 0.25) is 0 Å². The third kappa shape index (κ3) is 2.16. The summed E-state index contributed by atoms with van der Waals surface area (Å²) in [6.07, 6.45) is 0.817. The van der Waals surface area contributed by atoms with Crippen molar-refractivity contribution in [3.05, 3.63) is 63.3 Å². The van der Waals surface area contributed by atoms with Crippen LogP contribution in [0.25, 0.3) is 0 Å². The largest absolute Gasteiger partial charge is 0.312 e. The molecule has 0 saturated carbocycles. The molecule has 4 nitrogen and oxygen atoms in total. The molecule has 104 valence electrons. The second-order valence-corrected chi connectivity index (χ2v) is 5.76. The van der Waals surface area contributed by atoms with Gasteiger partial charge in [-0.15, -0.1) is 0 Å². The van der Waals surface area contributed by atoms with Crippen molar-refractivity contribution in [2.75, 3.05) is 6.54 Å². The number of aromatic nitrogens is 2. The van der Waals surface area contributed by atoms with E-state index in [0.29, 0.717) is 6.54 Å². The number of rotatable bonds is 2. The van der Waals surface area contributed by atoms with Gasteiger partial charge >= 0.3 is 0 Å². The third-order valence-corrected chi connectivity index (χ3v) is 4.03. The van der Waals surface area contributed by atoms with Crippen LogP contribution in [0.15, 0.2) is 35.1 Å². The van der Waals surface area contributed by atoms with Crippen LogP contribution in [0.1, 0.15) is 36.5 Å². The maximum Gasteiger partial charge on any atom is 0.255 e. The molecule has 0 bridgehead atoms. The van der Waals surface area contributed by atoms with E-state index in [2.05, 4.69) is 36.3 Å². The topological polar surface area (TPSA) is 57.8 Å². The van der Waals surface area contributed by atoms with E-state index in [4.69, 9.17) is 4.98 Å². The summed E-state index contributed by atoms with van der Waals surface area (Å²) in [6.45, 7) is 5.68. The van der Waals surface area contributed by atoms with Crippen molar-refractivity contribution >= 4 is 0 Å². The van der Waals surface area contributed by atoms with Gasteiger partial charge in [0.25, 0.3) is 5.56 Å². The second-order valence-electron chi connectivity index (χ2n) is 5.76. The number of nitrogens with zero attached hydrogens (tertiary/aromatic N) is 1. The summed E-state index contributed by atoms with van der Waals surface area (Å²) in [6, 6.07) is 10.2. The zero-order valence-electron chi connectivity index (χ0n) is 11.9. The average Bonchev–Trinajstić information content (AvgIpc) is 2.48. The van der Waals surface area contributed by atoms with E-state index in [1.54, 1.807) is 0 Å². The highest BCUT2D eigenvalue weighted by Crippen LogP contribution is 2.28. The summed E-state index contributed by atoms with van der Waals surface area (Å²) in [5, 5.41) is 3.21. The predicted octanol–water partition coefficient (Wildman–Crippen LogP) is 1.74. The summed E-state index contributed by atoms with van der Waals surface area (Å²) in [5.74, 6) is 0.745. The molecule has 0 amide bonds. The zero-order chi connectivity index (χ0) is 14.2. The van der Waals surface area contributed by atoms with Crippen molar-refractivity contribution in [2.45, 2.75) is 32.2 Å². The highest BCUT2D eigenvalue weighted by molar-refractivity contribution is 5.32. The quantitative estimate of drug-likeness (QED) is 0.873. The van der Waals surface area contributed by atoms with Crippen LogP contribution in [0.5, 0.6) is 0 Å².